The van der Waals surface area contributed by atoms with Crippen LogP contribution in [0.3, 0.4) is 0 Å². The lowest BCUT2D eigenvalue weighted by Crippen LogP contribution is -2.35. The zero-order valence-electron chi connectivity index (χ0n) is 21.1. The molecule has 1 saturated heterocycles. The number of thiophene rings is 1. The van der Waals surface area contributed by atoms with Gasteiger partial charge in [-0.15, -0.1) is 11.3 Å². The number of anilines is 1. The molecule has 5 rings (SSSR count). The Morgan fingerprint density at radius 3 is 2.68 bits per heavy atom. The zero-order chi connectivity index (χ0) is 26.5. The lowest BCUT2D eigenvalue weighted by Gasteiger charge is -2.29. The minimum atomic E-state index is -0.395. The zero-order valence-corrected chi connectivity index (χ0v) is 21.9. The van der Waals surface area contributed by atoms with Crippen molar-refractivity contribution in [2.75, 3.05) is 18.4 Å². The Labute approximate surface area is 225 Å². The summed E-state index contributed by atoms with van der Waals surface area (Å²) >= 11 is 1.45. The summed E-state index contributed by atoms with van der Waals surface area (Å²) in [6.45, 7) is 2.38. The van der Waals surface area contributed by atoms with Crippen LogP contribution in [0.25, 0.3) is 0 Å². The van der Waals surface area contributed by atoms with E-state index in [1.54, 1.807) is 18.2 Å². The summed E-state index contributed by atoms with van der Waals surface area (Å²) < 4.78 is 13.4. The number of piperidine rings is 1. The van der Waals surface area contributed by atoms with Gasteiger partial charge in [0, 0.05) is 30.1 Å². The number of benzene rings is 2. The van der Waals surface area contributed by atoms with Crippen LogP contribution in [0.1, 0.15) is 68.0 Å². The van der Waals surface area contributed by atoms with E-state index in [1.165, 1.54) is 29.7 Å². The second-order valence-electron chi connectivity index (χ2n) is 9.83. The molecular weight excluding hydrogens is 503 g/mol. The van der Waals surface area contributed by atoms with Crippen LogP contribution in [0.4, 0.5) is 9.39 Å². The number of hydrazone groups is 1. The molecule has 9 heteroatoms. The summed E-state index contributed by atoms with van der Waals surface area (Å²) in [5.74, 6) is -1.04. The highest BCUT2D eigenvalue weighted by Gasteiger charge is 2.27. The number of fused-ring (bicyclic) bond motifs is 1. The fraction of sp³-hybridized carbons (Fsp3) is 0.345. The minimum Gasteiger partial charge on any atom is -0.393 e. The molecule has 1 aliphatic carbocycles. The van der Waals surface area contributed by atoms with Gasteiger partial charge in [-0.05, 0) is 79.5 Å². The molecule has 1 aliphatic heterocycles. The number of rotatable bonds is 7. The van der Waals surface area contributed by atoms with Crippen LogP contribution in [0.5, 0.6) is 0 Å². The van der Waals surface area contributed by atoms with Crippen LogP contribution in [0.15, 0.2) is 53.6 Å². The smallest absolute Gasteiger partial charge is 0.274 e. The number of aliphatic hydroxyl groups excluding tert-OH is 1. The number of nitrogens with one attached hydrogen (secondary N) is 2. The third-order valence-electron chi connectivity index (χ3n) is 7.01. The standard InChI is InChI=1S/C29H31FN4O3S/c30-22-8-4-5-19(16-22)17-31-33-28(37)26-24-9-1-2-10-25(24)38-29(26)32-27(36)21-7-3-6-20(15-21)18-34-13-11-23(35)12-14-34/h3-8,15-17,23,35H,1-2,9-14,18H2,(H,32,36)(H,33,37). The van der Waals surface area contributed by atoms with E-state index >= 15 is 0 Å². The Morgan fingerprint density at radius 2 is 1.87 bits per heavy atom. The van der Waals surface area contributed by atoms with Crippen molar-refractivity contribution in [3.05, 3.63) is 87.0 Å². The van der Waals surface area contributed by atoms with Crippen molar-refractivity contribution in [1.82, 2.24) is 10.3 Å². The molecule has 2 aromatic carbocycles. The molecule has 7 nitrogen and oxygen atoms in total. The van der Waals surface area contributed by atoms with E-state index in [1.807, 2.05) is 18.2 Å². The highest BCUT2D eigenvalue weighted by molar-refractivity contribution is 7.17. The average Bonchev–Trinajstić information content (AvgIpc) is 3.28. The largest absolute Gasteiger partial charge is 0.393 e. The summed E-state index contributed by atoms with van der Waals surface area (Å²) in [6, 6.07) is 13.5. The van der Waals surface area contributed by atoms with E-state index in [9.17, 15) is 19.1 Å². The molecule has 0 atom stereocenters. The monoisotopic (exact) mass is 534 g/mol. The number of aliphatic hydroxyl groups is 1. The summed E-state index contributed by atoms with van der Waals surface area (Å²) in [6.07, 6.45) is 6.39. The second-order valence-corrected chi connectivity index (χ2v) is 10.9. The topological polar surface area (TPSA) is 94.0 Å². The quantitative estimate of drug-likeness (QED) is 0.302. The predicted octanol–water partition coefficient (Wildman–Crippen LogP) is 4.74. The van der Waals surface area contributed by atoms with Gasteiger partial charge in [0.1, 0.15) is 10.8 Å². The van der Waals surface area contributed by atoms with Crippen molar-refractivity contribution in [2.45, 2.75) is 51.2 Å². The fourth-order valence-corrected chi connectivity index (χ4v) is 6.31. The molecule has 1 aromatic heterocycles. The van der Waals surface area contributed by atoms with E-state index in [2.05, 4.69) is 20.7 Å². The van der Waals surface area contributed by atoms with Crippen LogP contribution in [-0.4, -0.2) is 47.2 Å². The Kier molecular flexibility index (Phi) is 8.26. The first kappa shape index (κ1) is 26.2. The number of hydrogen-bond donors (Lipinski definition) is 3. The molecule has 0 unspecified atom stereocenters. The number of amides is 2. The van der Waals surface area contributed by atoms with Crippen molar-refractivity contribution in [2.24, 2.45) is 5.10 Å². The third kappa shape index (κ3) is 6.35. The second kappa shape index (κ2) is 12.0. The molecule has 0 radical (unpaired) electrons. The molecule has 3 aromatic rings. The average molecular weight is 535 g/mol. The number of hydrogen-bond acceptors (Lipinski definition) is 6. The molecule has 2 aliphatic rings. The molecular formula is C29H31FN4O3S. The first-order valence-corrected chi connectivity index (χ1v) is 13.8. The maximum atomic E-state index is 13.4. The highest BCUT2D eigenvalue weighted by Crippen LogP contribution is 2.38. The normalized spacial score (nSPS) is 16.4. The lowest BCUT2D eigenvalue weighted by molar-refractivity contribution is 0.0792. The summed E-state index contributed by atoms with van der Waals surface area (Å²) in [5.41, 5.74) is 6.07. The van der Waals surface area contributed by atoms with Gasteiger partial charge in [-0.25, -0.2) is 9.82 Å². The summed E-state index contributed by atoms with van der Waals surface area (Å²) in [7, 11) is 0. The van der Waals surface area contributed by atoms with Gasteiger partial charge in [0.05, 0.1) is 17.9 Å². The van der Waals surface area contributed by atoms with Crippen molar-refractivity contribution in [3.8, 4) is 0 Å². The Bertz CT molecular complexity index is 1350. The molecule has 0 spiro atoms. The van der Waals surface area contributed by atoms with Crippen LogP contribution < -0.4 is 10.7 Å². The maximum absolute atomic E-state index is 13.4. The van der Waals surface area contributed by atoms with Crippen molar-refractivity contribution in [3.63, 3.8) is 0 Å². The molecule has 0 bridgehead atoms. The number of likely N-dealkylation sites (tertiary alicyclic amines) is 1. The predicted molar refractivity (Wildman–Crippen MR) is 147 cm³/mol. The third-order valence-corrected chi connectivity index (χ3v) is 8.21. The van der Waals surface area contributed by atoms with Crippen LogP contribution >= 0.6 is 11.3 Å². The molecule has 3 N–H and O–H groups in total. The number of carbonyl (C=O) groups excluding carboxylic acids is 2. The van der Waals surface area contributed by atoms with E-state index in [-0.39, 0.29) is 17.8 Å². The fourth-order valence-electron chi connectivity index (χ4n) is 5.02. The van der Waals surface area contributed by atoms with Gasteiger partial charge >= 0.3 is 0 Å². The SMILES string of the molecule is O=C(Nc1sc2c(c1C(=O)NN=Cc1cccc(F)c1)CCCC2)c1cccc(CN2CCC(O)CC2)c1. The van der Waals surface area contributed by atoms with Gasteiger partial charge in [-0.3, -0.25) is 14.5 Å². The Balaban J connectivity index is 1.31. The first-order valence-electron chi connectivity index (χ1n) is 13.0. The van der Waals surface area contributed by atoms with E-state index < -0.39 is 5.91 Å². The number of nitrogens with zero attached hydrogens (tertiary/aromatic N) is 2. The lowest BCUT2D eigenvalue weighted by atomic mass is 9.95. The molecule has 38 heavy (non-hydrogen) atoms. The van der Waals surface area contributed by atoms with Gasteiger partial charge in [-0.2, -0.15) is 5.10 Å². The van der Waals surface area contributed by atoms with Gasteiger partial charge in [0.15, 0.2) is 0 Å². The minimum absolute atomic E-state index is 0.224. The molecule has 198 valence electrons. The first-order chi connectivity index (χ1) is 18.5. The number of halogens is 1. The van der Waals surface area contributed by atoms with Crippen LogP contribution in [-0.2, 0) is 19.4 Å². The molecule has 2 amide bonds. The summed E-state index contributed by atoms with van der Waals surface area (Å²) in [5, 5.41) is 17.3. The van der Waals surface area contributed by atoms with Gasteiger partial charge in [-0.1, -0.05) is 24.3 Å². The maximum Gasteiger partial charge on any atom is 0.274 e. The number of aryl methyl sites for hydroxylation is 1. The highest BCUT2D eigenvalue weighted by atomic mass is 32.1. The molecule has 1 fully saturated rings. The van der Waals surface area contributed by atoms with Crippen LogP contribution in [0.2, 0.25) is 0 Å². The van der Waals surface area contributed by atoms with Gasteiger partial charge in [0.2, 0.25) is 0 Å². The van der Waals surface area contributed by atoms with E-state index in [4.69, 9.17) is 0 Å². The van der Waals surface area contributed by atoms with E-state index in [0.717, 1.165) is 74.2 Å². The van der Waals surface area contributed by atoms with Crippen molar-refractivity contribution in [1.29, 1.82) is 0 Å². The Hall–Kier alpha value is -3.40. The van der Waals surface area contributed by atoms with Crippen molar-refractivity contribution >= 4 is 34.4 Å². The van der Waals surface area contributed by atoms with Gasteiger partial charge in [0.25, 0.3) is 11.8 Å². The van der Waals surface area contributed by atoms with E-state index in [0.29, 0.717) is 21.7 Å². The summed E-state index contributed by atoms with van der Waals surface area (Å²) in [4.78, 5) is 29.9. The van der Waals surface area contributed by atoms with Crippen LogP contribution in [0, 0.1) is 5.82 Å². The molecule has 0 saturated carbocycles. The van der Waals surface area contributed by atoms with Gasteiger partial charge < -0.3 is 10.4 Å². The number of carbonyl (C=O) groups is 2. The Morgan fingerprint density at radius 1 is 1.08 bits per heavy atom. The van der Waals surface area contributed by atoms with Crippen molar-refractivity contribution < 1.29 is 19.1 Å². The molecule has 2 heterocycles.